The summed E-state index contributed by atoms with van der Waals surface area (Å²) in [5.41, 5.74) is 0.271. The van der Waals surface area contributed by atoms with E-state index in [1.54, 1.807) is 6.07 Å². The van der Waals surface area contributed by atoms with Crippen LogP contribution in [0.3, 0.4) is 0 Å². The highest BCUT2D eigenvalue weighted by Gasteiger charge is 2.22. The Morgan fingerprint density at radius 3 is 2.42 bits per heavy atom. The monoisotopic (exact) mass is 470 g/mol. The smallest absolute Gasteiger partial charge is 0.333 e. The van der Waals surface area contributed by atoms with Crippen molar-refractivity contribution in [3.63, 3.8) is 0 Å². The summed E-state index contributed by atoms with van der Waals surface area (Å²) in [5, 5.41) is 13.4. The van der Waals surface area contributed by atoms with Crippen LogP contribution < -0.4 is 16.6 Å². The van der Waals surface area contributed by atoms with Gasteiger partial charge in [-0.2, -0.15) is 0 Å². The van der Waals surface area contributed by atoms with E-state index >= 15 is 0 Å². The second-order valence-corrected chi connectivity index (χ2v) is 8.11. The Labute approximate surface area is 193 Å². The molecule has 0 aliphatic carbocycles. The first-order valence-corrected chi connectivity index (χ1v) is 11.1. The number of carbonyl (C=O) groups excluding carboxylic acids is 1. The third-order valence-corrected chi connectivity index (χ3v) is 5.89. The summed E-state index contributed by atoms with van der Waals surface area (Å²) in [5.74, 6) is -1.50. The van der Waals surface area contributed by atoms with E-state index in [-0.39, 0.29) is 22.3 Å². The van der Waals surface area contributed by atoms with Gasteiger partial charge in [0.25, 0.3) is 5.56 Å². The highest BCUT2D eigenvalue weighted by atomic mass is 32.2. The number of aryl methyl sites for hydroxylation is 1. The lowest BCUT2D eigenvalue weighted by Crippen LogP contribution is -2.39. The maximum atomic E-state index is 13.3. The third kappa shape index (κ3) is 5.40. The van der Waals surface area contributed by atoms with Crippen molar-refractivity contribution in [2.45, 2.75) is 13.3 Å². The molecule has 0 atom stereocenters. The third-order valence-electron chi connectivity index (χ3n) is 4.92. The van der Waals surface area contributed by atoms with E-state index < -0.39 is 22.9 Å². The largest absolute Gasteiger partial charge is 0.494 e. The summed E-state index contributed by atoms with van der Waals surface area (Å²) in [4.78, 5) is 41.9. The molecule has 0 saturated carbocycles. The number of aromatic nitrogens is 2. The van der Waals surface area contributed by atoms with Crippen LogP contribution in [-0.4, -0.2) is 30.9 Å². The molecule has 0 radical (unpaired) electrons. The van der Waals surface area contributed by atoms with E-state index in [0.29, 0.717) is 11.4 Å². The molecular weight excluding hydrogens is 447 g/mol. The molecule has 1 aromatic heterocycles. The van der Waals surface area contributed by atoms with Gasteiger partial charge in [-0.3, -0.25) is 18.7 Å². The fraction of sp³-hybridized carbons (Fsp3) is 0.217. The summed E-state index contributed by atoms with van der Waals surface area (Å²) in [6.45, 7) is 1.98. The Kier molecular flexibility index (Phi) is 7.49. The highest BCUT2D eigenvalue weighted by molar-refractivity contribution is 8.15. The topological polar surface area (TPSA) is 106 Å². The normalized spacial score (nSPS) is 11.5. The number of halogens is 1. The maximum absolute atomic E-state index is 13.3. The van der Waals surface area contributed by atoms with Gasteiger partial charge in [-0.15, -0.1) is 0 Å². The number of aliphatic imine (C=N–C) groups is 1. The molecule has 0 fully saturated rings. The van der Waals surface area contributed by atoms with Crippen molar-refractivity contribution >= 4 is 34.1 Å². The molecule has 0 aliphatic rings. The van der Waals surface area contributed by atoms with Crippen LogP contribution >= 0.6 is 11.8 Å². The Hall–Kier alpha value is -3.66. The van der Waals surface area contributed by atoms with Gasteiger partial charge < -0.3 is 10.4 Å². The van der Waals surface area contributed by atoms with Crippen LogP contribution in [0, 0.1) is 5.82 Å². The second-order valence-electron chi connectivity index (χ2n) is 7.15. The minimum absolute atomic E-state index is 0.0224. The van der Waals surface area contributed by atoms with Gasteiger partial charge in [0.2, 0.25) is 11.8 Å². The molecule has 0 spiro atoms. The number of hydrogen-bond donors (Lipinski definition) is 2. The Balaban J connectivity index is 1.98. The second kappa shape index (κ2) is 10.3. The van der Waals surface area contributed by atoms with Crippen molar-refractivity contribution in [1.29, 1.82) is 0 Å². The Morgan fingerprint density at radius 2 is 1.76 bits per heavy atom. The SMILES string of the molecule is CCc1ccccc1NC(=O)CSC(=Nc1ccc(F)cc1)c1c(O)n(C)c(=O)n(C)c1=O. The summed E-state index contributed by atoms with van der Waals surface area (Å²) < 4.78 is 15.1. The fourth-order valence-electron chi connectivity index (χ4n) is 3.08. The van der Waals surface area contributed by atoms with Gasteiger partial charge in [-0.1, -0.05) is 36.9 Å². The molecule has 2 aromatic carbocycles. The average Bonchev–Trinajstić information content (AvgIpc) is 2.81. The van der Waals surface area contributed by atoms with Crippen molar-refractivity contribution < 1.29 is 14.3 Å². The zero-order valence-corrected chi connectivity index (χ0v) is 19.1. The van der Waals surface area contributed by atoms with E-state index in [4.69, 9.17) is 0 Å². The molecule has 1 heterocycles. The summed E-state index contributed by atoms with van der Waals surface area (Å²) >= 11 is 0.922. The Bertz CT molecular complexity index is 1330. The molecule has 1 amide bonds. The van der Waals surface area contributed by atoms with Gasteiger partial charge >= 0.3 is 5.69 Å². The van der Waals surface area contributed by atoms with Gasteiger partial charge in [0.05, 0.1) is 11.4 Å². The summed E-state index contributed by atoms with van der Waals surface area (Å²) in [6, 6.07) is 12.6. The van der Waals surface area contributed by atoms with Crippen molar-refractivity contribution in [2.24, 2.45) is 19.1 Å². The van der Waals surface area contributed by atoms with Gasteiger partial charge in [-0.05, 0) is 42.3 Å². The molecule has 0 unspecified atom stereocenters. The van der Waals surface area contributed by atoms with E-state index in [9.17, 15) is 23.9 Å². The molecule has 0 aliphatic heterocycles. The standard InChI is InChI=1S/C23H23FN4O4S/c1-4-14-7-5-6-8-17(14)26-18(29)13-33-20(25-16-11-9-15(24)10-12-16)19-21(30)27(2)23(32)28(3)22(19)31/h5-12,30H,4,13H2,1-3H3,(H,26,29). The molecule has 3 rings (SSSR count). The zero-order valence-electron chi connectivity index (χ0n) is 18.3. The minimum atomic E-state index is -0.763. The molecule has 2 N–H and O–H groups in total. The van der Waals surface area contributed by atoms with Crippen LogP contribution in [0.5, 0.6) is 5.88 Å². The highest BCUT2D eigenvalue weighted by Crippen LogP contribution is 2.24. The van der Waals surface area contributed by atoms with Crippen LogP contribution in [0.15, 0.2) is 63.1 Å². The predicted octanol–water partition coefficient (Wildman–Crippen LogP) is 2.94. The number of benzene rings is 2. The molecule has 0 bridgehead atoms. The zero-order chi connectivity index (χ0) is 24.1. The van der Waals surface area contributed by atoms with Crippen LogP contribution in [0.25, 0.3) is 0 Å². The van der Waals surface area contributed by atoms with Gasteiger partial charge in [0.15, 0.2) is 0 Å². The minimum Gasteiger partial charge on any atom is -0.494 e. The maximum Gasteiger partial charge on any atom is 0.333 e. The molecule has 8 nitrogen and oxygen atoms in total. The Morgan fingerprint density at radius 1 is 1.09 bits per heavy atom. The van der Waals surface area contributed by atoms with Crippen LogP contribution in [-0.2, 0) is 25.3 Å². The fourth-order valence-corrected chi connectivity index (χ4v) is 3.92. The van der Waals surface area contributed by atoms with E-state index in [0.717, 1.165) is 32.9 Å². The number of amides is 1. The number of nitrogens with one attached hydrogen (secondary N) is 1. The number of para-hydroxylation sites is 1. The van der Waals surface area contributed by atoms with Crippen molar-refractivity contribution in [1.82, 2.24) is 9.13 Å². The molecular formula is C23H23FN4O4S. The van der Waals surface area contributed by atoms with Crippen molar-refractivity contribution in [2.75, 3.05) is 11.1 Å². The predicted molar refractivity (Wildman–Crippen MR) is 128 cm³/mol. The number of rotatable bonds is 6. The number of hydrogen-bond acceptors (Lipinski definition) is 6. The van der Waals surface area contributed by atoms with Gasteiger partial charge in [0, 0.05) is 19.8 Å². The lowest BCUT2D eigenvalue weighted by molar-refractivity contribution is -0.113. The van der Waals surface area contributed by atoms with Crippen LogP contribution in [0.1, 0.15) is 18.1 Å². The van der Waals surface area contributed by atoms with Crippen molar-refractivity contribution in [3.8, 4) is 5.88 Å². The van der Waals surface area contributed by atoms with E-state index in [1.165, 1.54) is 38.4 Å². The first-order valence-electron chi connectivity index (χ1n) is 10.1. The van der Waals surface area contributed by atoms with Crippen molar-refractivity contribution in [3.05, 3.63) is 86.3 Å². The lowest BCUT2D eigenvalue weighted by Gasteiger charge is -2.13. The molecule has 33 heavy (non-hydrogen) atoms. The molecule has 3 aromatic rings. The average molecular weight is 471 g/mol. The van der Waals surface area contributed by atoms with Gasteiger partial charge in [0.1, 0.15) is 16.4 Å². The lowest BCUT2D eigenvalue weighted by atomic mass is 10.1. The molecule has 10 heteroatoms. The number of nitrogens with zero attached hydrogens (tertiary/aromatic N) is 3. The number of thioether (sulfide) groups is 1. The quantitative estimate of drug-likeness (QED) is 0.426. The van der Waals surface area contributed by atoms with Gasteiger partial charge in [-0.25, -0.2) is 14.2 Å². The van der Waals surface area contributed by atoms with E-state index in [2.05, 4.69) is 10.3 Å². The molecule has 0 saturated heterocycles. The first kappa shape index (κ1) is 24.0. The first-order chi connectivity index (χ1) is 15.7. The number of aromatic hydroxyl groups is 1. The number of anilines is 1. The summed E-state index contributed by atoms with van der Waals surface area (Å²) in [6.07, 6.45) is 0.739. The summed E-state index contributed by atoms with van der Waals surface area (Å²) in [7, 11) is 2.59. The molecule has 172 valence electrons. The van der Waals surface area contributed by atoms with E-state index in [1.807, 2.05) is 25.1 Å². The van der Waals surface area contributed by atoms with Crippen LogP contribution in [0.2, 0.25) is 0 Å². The van der Waals surface area contributed by atoms with Crippen LogP contribution in [0.4, 0.5) is 15.8 Å². The number of carbonyl (C=O) groups is 1.